The minimum absolute atomic E-state index is 0.0877. The molecular weight excluding hydrogens is 280 g/mol. The Labute approximate surface area is 128 Å². The maximum absolute atomic E-state index is 5.76. The summed E-state index contributed by atoms with van der Waals surface area (Å²) in [5.41, 5.74) is 4.22. The number of nitrogens with two attached hydrogens (primary N) is 1. The first kappa shape index (κ1) is 14.1. The number of methoxy groups -OCH3 is 1. The first-order valence-corrected chi connectivity index (χ1v) is 7.75. The molecule has 1 heterocycles. The minimum Gasteiger partial charge on any atom is -0.496 e. The maximum Gasteiger partial charge on any atom is 0.129 e. The molecule has 3 rings (SSSR count). The van der Waals surface area contributed by atoms with Gasteiger partial charge in [0.05, 0.1) is 13.2 Å². The van der Waals surface area contributed by atoms with Crippen molar-refractivity contribution in [3.8, 4) is 5.75 Å². The molecule has 108 valence electrons. The number of hydrogen-bond acceptors (Lipinski definition) is 4. The van der Waals surface area contributed by atoms with Gasteiger partial charge in [0, 0.05) is 10.3 Å². The zero-order valence-corrected chi connectivity index (χ0v) is 12.7. The van der Waals surface area contributed by atoms with Crippen LogP contribution in [0, 0.1) is 0 Å². The van der Waals surface area contributed by atoms with Gasteiger partial charge < -0.3 is 4.74 Å². The van der Waals surface area contributed by atoms with Gasteiger partial charge in [-0.1, -0.05) is 42.5 Å². The van der Waals surface area contributed by atoms with E-state index in [4.69, 9.17) is 10.6 Å². The third-order valence-electron chi connectivity index (χ3n) is 3.68. The molecule has 1 unspecified atom stereocenters. The minimum atomic E-state index is 0.0877. The molecule has 3 nitrogen and oxygen atoms in total. The SMILES string of the molecule is COc1csc(C(Cc2cccc3ccccc23)NN)c1. The second-order valence-electron chi connectivity index (χ2n) is 4.95. The van der Waals surface area contributed by atoms with Crippen molar-refractivity contribution >= 4 is 22.1 Å². The third-order valence-corrected chi connectivity index (χ3v) is 4.70. The largest absolute Gasteiger partial charge is 0.496 e. The Morgan fingerprint density at radius 2 is 2.00 bits per heavy atom. The van der Waals surface area contributed by atoms with Gasteiger partial charge in [-0.05, 0) is 28.8 Å². The summed E-state index contributed by atoms with van der Waals surface area (Å²) < 4.78 is 5.25. The monoisotopic (exact) mass is 298 g/mol. The summed E-state index contributed by atoms with van der Waals surface area (Å²) in [6.07, 6.45) is 0.849. The number of benzene rings is 2. The van der Waals surface area contributed by atoms with Crippen molar-refractivity contribution in [1.29, 1.82) is 0 Å². The van der Waals surface area contributed by atoms with E-state index in [9.17, 15) is 0 Å². The number of hydrogen-bond donors (Lipinski definition) is 2. The molecule has 0 fully saturated rings. The second-order valence-corrected chi connectivity index (χ2v) is 5.89. The summed E-state index contributed by atoms with van der Waals surface area (Å²) in [6.45, 7) is 0. The molecule has 0 aliphatic carbocycles. The van der Waals surface area contributed by atoms with Crippen LogP contribution in [-0.2, 0) is 6.42 Å². The molecule has 0 bridgehead atoms. The van der Waals surface area contributed by atoms with Crippen LogP contribution in [0.25, 0.3) is 10.8 Å². The van der Waals surface area contributed by atoms with E-state index in [1.807, 2.05) is 11.4 Å². The van der Waals surface area contributed by atoms with Crippen molar-refractivity contribution in [3.05, 3.63) is 64.4 Å². The number of fused-ring (bicyclic) bond motifs is 1. The van der Waals surface area contributed by atoms with E-state index in [2.05, 4.69) is 47.9 Å². The lowest BCUT2D eigenvalue weighted by Gasteiger charge is -2.15. The zero-order chi connectivity index (χ0) is 14.7. The van der Waals surface area contributed by atoms with E-state index in [1.165, 1.54) is 21.2 Å². The molecule has 0 saturated heterocycles. The van der Waals surface area contributed by atoms with Gasteiger partial charge in [-0.15, -0.1) is 11.3 Å². The fourth-order valence-electron chi connectivity index (χ4n) is 2.56. The van der Waals surface area contributed by atoms with E-state index < -0.39 is 0 Å². The topological polar surface area (TPSA) is 47.3 Å². The molecule has 3 N–H and O–H groups in total. The van der Waals surface area contributed by atoms with Crippen molar-refractivity contribution in [2.24, 2.45) is 5.84 Å². The predicted octanol–water partition coefficient (Wildman–Crippen LogP) is 3.66. The Morgan fingerprint density at radius 3 is 2.76 bits per heavy atom. The van der Waals surface area contributed by atoms with Gasteiger partial charge in [0.15, 0.2) is 0 Å². The van der Waals surface area contributed by atoms with E-state index in [1.54, 1.807) is 18.4 Å². The third kappa shape index (κ3) is 2.93. The van der Waals surface area contributed by atoms with Crippen molar-refractivity contribution in [1.82, 2.24) is 5.43 Å². The highest BCUT2D eigenvalue weighted by Gasteiger charge is 2.14. The standard InChI is InChI=1S/C17H18N2OS/c1-20-14-10-17(21-11-14)16(19-18)9-13-7-4-6-12-5-2-3-8-15(12)13/h2-8,10-11,16,19H,9,18H2,1H3. The van der Waals surface area contributed by atoms with Gasteiger partial charge in [-0.25, -0.2) is 0 Å². The Morgan fingerprint density at radius 1 is 1.19 bits per heavy atom. The summed E-state index contributed by atoms with van der Waals surface area (Å²) in [5.74, 6) is 6.65. The number of nitrogens with one attached hydrogen (secondary N) is 1. The molecule has 4 heteroatoms. The molecule has 0 aliphatic rings. The van der Waals surface area contributed by atoms with Crippen LogP contribution in [0.4, 0.5) is 0 Å². The molecule has 0 aliphatic heterocycles. The summed E-state index contributed by atoms with van der Waals surface area (Å²) in [7, 11) is 1.68. The Kier molecular flexibility index (Phi) is 4.20. The Hall–Kier alpha value is -1.88. The van der Waals surface area contributed by atoms with Crippen LogP contribution in [0.3, 0.4) is 0 Å². The lowest BCUT2D eigenvalue weighted by Crippen LogP contribution is -2.29. The van der Waals surface area contributed by atoms with Gasteiger partial charge in [0.2, 0.25) is 0 Å². The number of rotatable bonds is 5. The molecule has 2 aromatic carbocycles. The predicted molar refractivity (Wildman–Crippen MR) is 88.6 cm³/mol. The molecule has 0 radical (unpaired) electrons. The smallest absolute Gasteiger partial charge is 0.129 e. The highest BCUT2D eigenvalue weighted by atomic mass is 32.1. The van der Waals surface area contributed by atoms with Crippen molar-refractivity contribution < 1.29 is 4.74 Å². The van der Waals surface area contributed by atoms with Crippen LogP contribution in [0.1, 0.15) is 16.5 Å². The highest BCUT2D eigenvalue weighted by molar-refractivity contribution is 7.10. The first-order valence-electron chi connectivity index (χ1n) is 6.87. The molecule has 3 aromatic rings. The first-order chi connectivity index (χ1) is 10.3. The normalized spacial score (nSPS) is 12.5. The van der Waals surface area contributed by atoms with Gasteiger partial charge in [0.25, 0.3) is 0 Å². The fourth-order valence-corrected chi connectivity index (χ4v) is 3.47. The van der Waals surface area contributed by atoms with Gasteiger partial charge in [-0.3, -0.25) is 11.3 Å². The molecule has 1 aromatic heterocycles. The average Bonchev–Trinajstić information content (AvgIpc) is 3.01. The van der Waals surface area contributed by atoms with E-state index in [-0.39, 0.29) is 6.04 Å². The summed E-state index contributed by atoms with van der Waals surface area (Å²) in [4.78, 5) is 1.18. The Bertz CT molecular complexity index is 733. The summed E-state index contributed by atoms with van der Waals surface area (Å²) >= 11 is 1.66. The van der Waals surface area contributed by atoms with E-state index >= 15 is 0 Å². The van der Waals surface area contributed by atoms with Crippen LogP contribution in [0.15, 0.2) is 53.9 Å². The van der Waals surface area contributed by atoms with Crippen molar-refractivity contribution in [3.63, 3.8) is 0 Å². The zero-order valence-electron chi connectivity index (χ0n) is 11.9. The number of thiophene rings is 1. The van der Waals surface area contributed by atoms with Crippen molar-refractivity contribution in [2.45, 2.75) is 12.5 Å². The lowest BCUT2D eigenvalue weighted by atomic mass is 9.98. The van der Waals surface area contributed by atoms with Crippen LogP contribution in [0.5, 0.6) is 5.75 Å². The Balaban J connectivity index is 1.92. The van der Waals surface area contributed by atoms with Crippen molar-refractivity contribution in [2.75, 3.05) is 7.11 Å². The summed E-state index contributed by atoms with van der Waals surface area (Å²) in [5, 5.41) is 4.54. The number of ether oxygens (including phenoxy) is 1. The van der Waals surface area contributed by atoms with E-state index in [0.29, 0.717) is 0 Å². The molecule has 21 heavy (non-hydrogen) atoms. The lowest BCUT2D eigenvalue weighted by molar-refractivity contribution is 0.415. The highest BCUT2D eigenvalue weighted by Crippen LogP contribution is 2.30. The average molecular weight is 298 g/mol. The van der Waals surface area contributed by atoms with Gasteiger partial charge in [0.1, 0.15) is 5.75 Å². The summed E-state index contributed by atoms with van der Waals surface area (Å²) in [6, 6.07) is 17.0. The molecule has 1 atom stereocenters. The second kappa shape index (κ2) is 6.26. The molecule has 0 spiro atoms. The van der Waals surface area contributed by atoms with Crippen LogP contribution < -0.4 is 16.0 Å². The van der Waals surface area contributed by atoms with Crippen LogP contribution in [0.2, 0.25) is 0 Å². The molecular formula is C17H18N2OS. The number of hydrazine groups is 1. The quantitative estimate of drug-likeness (QED) is 0.558. The van der Waals surface area contributed by atoms with Gasteiger partial charge >= 0.3 is 0 Å². The fraction of sp³-hybridized carbons (Fsp3) is 0.176. The van der Waals surface area contributed by atoms with E-state index in [0.717, 1.165) is 12.2 Å². The van der Waals surface area contributed by atoms with Crippen LogP contribution in [-0.4, -0.2) is 7.11 Å². The maximum atomic E-state index is 5.76. The molecule has 0 saturated carbocycles. The van der Waals surface area contributed by atoms with Crippen LogP contribution >= 0.6 is 11.3 Å². The van der Waals surface area contributed by atoms with Gasteiger partial charge in [-0.2, -0.15) is 0 Å². The molecule has 0 amide bonds.